The standard InChI is InChI=1S/C20H35N3O2/c1-3-15(2)14-21-19(24)18(16-6-4-5-7-16)22-10-12-23(13-11-22)20(25)17-8-9-17/h15-18H,3-14H2,1-2H3,(H,21,24)/t15-,18-/m1/s1. The van der Waals surface area contributed by atoms with Crippen LogP contribution >= 0.6 is 0 Å². The van der Waals surface area contributed by atoms with Gasteiger partial charge in [-0.3, -0.25) is 14.5 Å². The first-order valence-electron chi connectivity index (χ1n) is 10.4. The van der Waals surface area contributed by atoms with E-state index >= 15 is 0 Å². The molecule has 0 aromatic rings. The van der Waals surface area contributed by atoms with E-state index in [2.05, 4.69) is 24.1 Å². The number of carbonyl (C=O) groups is 2. The van der Waals surface area contributed by atoms with Gasteiger partial charge in [-0.1, -0.05) is 33.1 Å². The molecule has 3 aliphatic rings. The first kappa shape index (κ1) is 18.7. The summed E-state index contributed by atoms with van der Waals surface area (Å²) < 4.78 is 0. The third kappa shape index (κ3) is 4.75. The Morgan fingerprint density at radius 1 is 1.04 bits per heavy atom. The Hall–Kier alpha value is -1.10. The topological polar surface area (TPSA) is 52.7 Å². The normalized spacial score (nSPS) is 25.0. The van der Waals surface area contributed by atoms with Crippen LogP contribution in [-0.4, -0.2) is 60.4 Å². The largest absolute Gasteiger partial charge is 0.354 e. The fourth-order valence-corrected chi connectivity index (χ4v) is 4.28. The van der Waals surface area contributed by atoms with Crippen molar-refractivity contribution in [3.8, 4) is 0 Å². The molecule has 1 saturated heterocycles. The van der Waals surface area contributed by atoms with E-state index in [-0.39, 0.29) is 11.9 Å². The van der Waals surface area contributed by atoms with Crippen LogP contribution in [0.2, 0.25) is 0 Å². The molecule has 0 radical (unpaired) electrons. The van der Waals surface area contributed by atoms with Crippen LogP contribution in [0.5, 0.6) is 0 Å². The molecule has 2 aliphatic carbocycles. The van der Waals surface area contributed by atoms with E-state index < -0.39 is 0 Å². The lowest BCUT2D eigenvalue weighted by molar-refractivity contribution is -0.136. The van der Waals surface area contributed by atoms with Gasteiger partial charge in [0.1, 0.15) is 0 Å². The van der Waals surface area contributed by atoms with Crippen LogP contribution in [0.4, 0.5) is 0 Å². The highest BCUT2D eigenvalue weighted by atomic mass is 16.2. The van der Waals surface area contributed by atoms with Crippen molar-refractivity contribution in [1.29, 1.82) is 0 Å². The molecule has 1 heterocycles. The molecule has 25 heavy (non-hydrogen) atoms. The third-order valence-electron chi connectivity index (χ3n) is 6.38. The van der Waals surface area contributed by atoms with Gasteiger partial charge in [0, 0.05) is 38.6 Å². The molecule has 2 saturated carbocycles. The summed E-state index contributed by atoms with van der Waals surface area (Å²) in [6, 6.07) is 0.00438. The lowest BCUT2D eigenvalue weighted by Gasteiger charge is -2.41. The lowest BCUT2D eigenvalue weighted by Crippen LogP contribution is -2.58. The maximum atomic E-state index is 13.0. The summed E-state index contributed by atoms with van der Waals surface area (Å²) in [6.07, 6.45) is 8.07. The van der Waals surface area contributed by atoms with E-state index in [0.29, 0.717) is 23.7 Å². The zero-order valence-corrected chi connectivity index (χ0v) is 16.0. The Morgan fingerprint density at radius 2 is 1.68 bits per heavy atom. The van der Waals surface area contributed by atoms with Crippen LogP contribution in [0.1, 0.15) is 58.8 Å². The monoisotopic (exact) mass is 349 g/mol. The number of nitrogens with one attached hydrogen (secondary N) is 1. The zero-order valence-electron chi connectivity index (χ0n) is 16.0. The second-order valence-electron chi connectivity index (χ2n) is 8.38. The van der Waals surface area contributed by atoms with Gasteiger partial charge in [0.25, 0.3) is 0 Å². The molecule has 2 atom stereocenters. The van der Waals surface area contributed by atoms with Gasteiger partial charge in [0.05, 0.1) is 6.04 Å². The summed E-state index contributed by atoms with van der Waals surface area (Å²) in [7, 11) is 0. The van der Waals surface area contributed by atoms with Crippen molar-refractivity contribution in [3.63, 3.8) is 0 Å². The third-order valence-corrected chi connectivity index (χ3v) is 6.38. The SMILES string of the molecule is CC[C@@H](C)CNC(=O)[C@@H](C1CCCC1)N1CCN(C(=O)C2CC2)CC1. The maximum Gasteiger partial charge on any atom is 0.237 e. The van der Waals surface area contributed by atoms with Crippen LogP contribution in [0.25, 0.3) is 0 Å². The predicted molar refractivity (Wildman–Crippen MR) is 99.1 cm³/mol. The first-order valence-corrected chi connectivity index (χ1v) is 10.4. The summed E-state index contributed by atoms with van der Waals surface area (Å²) in [5.41, 5.74) is 0. The van der Waals surface area contributed by atoms with Crippen molar-refractivity contribution >= 4 is 11.8 Å². The molecular formula is C20H35N3O2. The Bertz CT molecular complexity index is 464. The van der Waals surface area contributed by atoms with Gasteiger partial charge in [-0.05, 0) is 37.5 Å². The minimum Gasteiger partial charge on any atom is -0.354 e. The van der Waals surface area contributed by atoms with Crippen molar-refractivity contribution in [2.45, 2.75) is 64.8 Å². The smallest absolute Gasteiger partial charge is 0.237 e. The van der Waals surface area contributed by atoms with Gasteiger partial charge in [0.2, 0.25) is 11.8 Å². The van der Waals surface area contributed by atoms with Crippen molar-refractivity contribution < 1.29 is 9.59 Å². The summed E-state index contributed by atoms with van der Waals surface area (Å²) in [6.45, 7) is 8.40. The molecule has 0 aromatic carbocycles. The van der Waals surface area contributed by atoms with Crippen molar-refractivity contribution in [2.75, 3.05) is 32.7 Å². The Morgan fingerprint density at radius 3 is 2.24 bits per heavy atom. The molecule has 5 nitrogen and oxygen atoms in total. The van der Waals surface area contributed by atoms with Crippen molar-refractivity contribution in [3.05, 3.63) is 0 Å². The second kappa shape index (κ2) is 8.52. The second-order valence-corrected chi connectivity index (χ2v) is 8.38. The molecule has 142 valence electrons. The summed E-state index contributed by atoms with van der Waals surface area (Å²) in [5, 5.41) is 3.21. The van der Waals surface area contributed by atoms with Gasteiger partial charge in [-0.25, -0.2) is 0 Å². The highest BCUT2D eigenvalue weighted by molar-refractivity contribution is 5.82. The fourth-order valence-electron chi connectivity index (χ4n) is 4.28. The molecule has 0 unspecified atom stereocenters. The zero-order chi connectivity index (χ0) is 17.8. The summed E-state index contributed by atoms with van der Waals surface area (Å²) >= 11 is 0. The van der Waals surface area contributed by atoms with Crippen molar-refractivity contribution in [1.82, 2.24) is 15.1 Å². The average Bonchev–Trinajstić information content (AvgIpc) is 3.36. The maximum absolute atomic E-state index is 13.0. The number of hydrogen-bond acceptors (Lipinski definition) is 3. The highest BCUT2D eigenvalue weighted by Gasteiger charge is 2.39. The molecule has 3 fully saturated rings. The van der Waals surface area contributed by atoms with E-state index in [1.54, 1.807) is 0 Å². The van der Waals surface area contributed by atoms with Gasteiger partial charge >= 0.3 is 0 Å². The molecule has 2 amide bonds. The van der Waals surface area contributed by atoms with Crippen LogP contribution in [-0.2, 0) is 9.59 Å². The van der Waals surface area contributed by atoms with Gasteiger partial charge in [-0.2, -0.15) is 0 Å². The number of rotatable bonds is 7. The van der Waals surface area contributed by atoms with Crippen molar-refractivity contribution in [2.24, 2.45) is 17.8 Å². The number of amides is 2. The molecule has 0 spiro atoms. The number of hydrogen-bond donors (Lipinski definition) is 1. The molecule has 5 heteroatoms. The van der Waals surface area contributed by atoms with Crippen LogP contribution < -0.4 is 5.32 Å². The molecule has 1 aliphatic heterocycles. The van der Waals surface area contributed by atoms with E-state index in [4.69, 9.17) is 0 Å². The number of nitrogens with zero attached hydrogens (tertiary/aromatic N) is 2. The average molecular weight is 350 g/mol. The highest BCUT2D eigenvalue weighted by Crippen LogP contribution is 2.33. The predicted octanol–water partition coefficient (Wildman–Crippen LogP) is 2.26. The quantitative estimate of drug-likeness (QED) is 0.767. The number of carbonyl (C=O) groups excluding carboxylic acids is 2. The van der Waals surface area contributed by atoms with Crippen LogP contribution in [0, 0.1) is 17.8 Å². The number of piperazine rings is 1. The summed E-state index contributed by atoms with van der Waals surface area (Å²) in [5.74, 6) is 1.88. The van der Waals surface area contributed by atoms with E-state index in [1.165, 1.54) is 25.7 Å². The molecule has 3 rings (SSSR count). The van der Waals surface area contributed by atoms with E-state index in [1.807, 2.05) is 4.90 Å². The molecule has 1 N–H and O–H groups in total. The molecule has 0 bridgehead atoms. The minimum absolute atomic E-state index is 0.00438. The van der Waals surface area contributed by atoms with Gasteiger partial charge in [0.15, 0.2) is 0 Å². The molecule has 0 aromatic heterocycles. The van der Waals surface area contributed by atoms with Crippen LogP contribution in [0.3, 0.4) is 0 Å². The Kier molecular flexibility index (Phi) is 6.37. The fraction of sp³-hybridized carbons (Fsp3) is 0.900. The Labute approximate surface area is 152 Å². The Balaban J connectivity index is 1.57. The lowest BCUT2D eigenvalue weighted by atomic mass is 9.94. The van der Waals surface area contributed by atoms with Gasteiger partial charge < -0.3 is 10.2 Å². The summed E-state index contributed by atoms with van der Waals surface area (Å²) in [4.78, 5) is 29.6. The minimum atomic E-state index is 0.00438. The van der Waals surface area contributed by atoms with E-state index in [0.717, 1.165) is 52.0 Å². The van der Waals surface area contributed by atoms with Crippen LogP contribution in [0.15, 0.2) is 0 Å². The van der Waals surface area contributed by atoms with E-state index in [9.17, 15) is 9.59 Å². The van der Waals surface area contributed by atoms with Gasteiger partial charge in [-0.15, -0.1) is 0 Å². The first-order chi connectivity index (χ1) is 12.1. The molecular weight excluding hydrogens is 314 g/mol.